The summed E-state index contributed by atoms with van der Waals surface area (Å²) in [6, 6.07) is 0. The maximum Gasteiger partial charge on any atom is 0.341 e. The van der Waals surface area contributed by atoms with Crippen LogP contribution in [0.3, 0.4) is 0 Å². The van der Waals surface area contributed by atoms with Gasteiger partial charge < -0.3 is 4.89 Å². The molecule has 0 heterocycles. The Morgan fingerprint density at radius 3 is 1.64 bits per heavy atom. The highest BCUT2D eigenvalue weighted by Gasteiger charge is 2.23. The minimum Gasteiger partial charge on any atom is -0.324 e. The Hall–Kier alpha value is 0.110. The molecule has 22 heavy (non-hydrogen) atoms. The fraction of sp³-hybridized carbons (Fsp3) is 1.00. The minimum absolute atomic E-state index is 0.537. The zero-order valence-electron chi connectivity index (χ0n) is 15.4. The van der Waals surface area contributed by atoms with Gasteiger partial charge in [-0.2, -0.15) is 5.06 Å². The lowest BCUT2D eigenvalue weighted by molar-refractivity contribution is -0.0894. The lowest BCUT2D eigenvalue weighted by Crippen LogP contribution is -2.33. The molecule has 0 aromatic rings. The van der Waals surface area contributed by atoms with Gasteiger partial charge in [-0.15, -0.1) is 0 Å². The van der Waals surface area contributed by atoms with E-state index in [-0.39, 0.29) is 0 Å². The fourth-order valence-electron chi connectivity index (χ4n) is 2.77. The van der Waals surface area contributed by atoms with Gasteiger partial charge in [0.1, 0.15) is 0 Å². The van der Waals surface area contributed by atoms with E-state index in [4.69, 9.17) is 4.62 Å². The maximum absolute atomic E-state index is 11.7. The molecule has 3 atom stereocenters. The number of hydroxylamine groups is 2. The van der Waals surface area contributed by atoms with Gasteiger partial charge in [0.2, 0.25) is 0 Å². The molecule has 0 saturated carbocycles. The molecule has 0 rings (SSSR count). The summed E-state index contributed by atoms with van der Waals surface area (Å²) in [5, 5.41) is 1.79. The number of rotatable bonds is 14. The third-order valence-corrected chi connectivity index (χ3v) is 4.81. The second kappa shape index (κ2) is 12.5. The molecule has 0 amide bonds. The van der Waals surface area contributed by atoms with Crippen LogP contribution in [0.1, 0.15) is 79.1 Å². The van der Waals surface area contributed by atoms with E-state index in [2.05, 4.69) is 27.7 Å². The first kappa shape index (κ1) is 22.1. The number of hydrogen-bond donors (Lipinski definition) is 1. The van der Waals surface area contributed by atoms with E-state index >= 15 is 0 Å². The lowest BCUT2D eigenvalue weighted by Gasteiger charge is -2.30. The van der Waals surface area contributed by atoms with E-state index < -0.39 is 7.60 Å². The average molecular weight is 335 g/mol. The molecule has 0 aromatic carbocycles. The summed E-state index contributed by atoms with van der Waals surface area (Å²) in [5.41, 5.74) is 0. The van der Waals surface area contributed by atoms with Crippen LogP contribution in [0.2, 0.25) is 0 Å². The topological polar surface area (TPSA) is 49.8 Å². The zero-order valence-corrected chi connectivity index (χ0v) is 16.3. The van der Waals surface area contributed by atoms with Crippen LogP contribution < -0.4 is 0 Å². The number of nitrogens with zero attached hydrogens (tertiary/aromatic N) is 1. The van der Waals surface area contributed by atoms with Crippen LogP contribution in [0, 0.1) is 11.8 Å². The number of unbranched alkanes of at least 4 members (excludes halogenated alkanes) is 2. The normalized spacial score (nSPS) is 17.4. The van der Waals surface area contributed by atoms with Crippen molar-refractivity contribution in [3.63, 3.8) is 0 Å². The number of hydrogen-bond acceptors (Lipinski definition) is 3. The largest absolute Gasteiger partial charge is 0.341 e. The Bertz CT molecular complexity index is 288. The molecule has 5 heteroatoms. The van der Waals surface area contributed by atoms with Gasteiger partial charge in [0.25, 0.3) is 0 Å². The van der Waals surface area contributed by atoms with Crippen molar-refractivity contribution >= 4 is 7.60 Å². The van der Waals surface area contributed by atoms with Crippen molar-refractivity contribution < 1.29 is 14.1 Å². The van der Waals surface area contributed by atoms with Crippen molar-refractivity contribution in [1.29, 1.82) is 0 Å². The van der Waals surface area contributed by atoms with Gasteiger partial charge in [-0.1, -0.05) is 66.2 Å². The first-order chi connectivity index (χ1) is 10.4. The molecule has 0 aliphatic heterocycles. The van der Waals surface area contributed by atoms with Gasteiger partial charge in [-0.3, -0.25) is 4.57 Å². The monoisotopic (exact) mass is 335 g/mol. The van der Waals surface area contributed by atoms with Crippen LogP contribution in [0.25, 0.3) is 0 Å². The van der Waals surface area contributed by atoms with Gasteiger partial charge in [0.15, 0.2) is 0 Å². The molecule has 0 fully saturated rings. The summed E-state index contributed by atoms with van der Waals surface area (Å²) >= 11 is 0. The molecule has 3 unspecified atom stereocenters. The summed E-state index contributed by atoms with van der Waals surface area (Å²) in [4.78, 5) is 9.60. The Morgan fingerprint density at radius 2 is 1.36 bits per heavy atom. The quantitative estimate of drug-likeness (QED) is 0.338. The highest BCUT2D eigenvalue weighted by atomic mass is 31.2. The lowest BCUT2D eigenvalue weighted by atomic mass is 9.97. The first-order valence-corrected chi connectivity index (χ1v) is 11.1. The summed E-state index contributed by atoms with van der Waals surface area (Å²) in [7, 11) is -3.48. The van der Waals surface area contributed by atoms with E-state index in [9.17, 15) is 9.46 Å². The van der Waals surface area contributed by atoms with Crippen LogP contribution in [0.5, 0.6) is 0 Å². The highest BCUT2D eigenvalue weighted by Crippen LogP contribution is 2.39. The van der Waals surface area contributed by atoms with Crippen LogP contribution in [-0.4, -0.2) is 29.7 Å². The Labute approximate surface area is 138 Å². The van der Waals surface area contributed by atoms with Crippen molar-refractivity contribution in [1.82, 2.24) is 5.06 Å². The van der Waals surface area contributed by atoms with Crippen molar-refractivity contribution in [2.75, 3.05) is 19.8 Å². The second-order valence-electron chi connectivity index (χ2n) is 6.56. The van der Waals surface area contributed by atoms with Crippen LogP contribution >= 0.6 is 7.60 Å². The van der Waals surface area contributed by atoms with E-state index in [0.717, 1.165) is 38.8 Å². The molecule has 0 aromatic heterocycles. The second-order valence-corrected chi connectivity index (χ2v) is 8.33. The molecule has 0 saturated heterocycles. The van der Waals surface area contributed by atoms with E-state index in [1.807, 2.05) is 0 Å². The minimum atomic E-state index is -3.48. The maximum atomic E-state index is 11.7. The third-order valence-electron chi connectivity index (χ3n) is 4.28. The highest BCUT2D eigenvalue weighted by molar-refractivity contribution is 7.51. The van der Waals surface area contributed by atoms with Crippen LogP contribution in [0.15, 0.2) is 0 Å². The third kappa shape index (κ3) is 11.6. The molecule has 1 N–H and O–H groups in total. The van der Waals surface area contributed by atoms with Crippen molar-refractivity contribution in [2.45, 2.75) is 79.1 Å². The average Bonchev–Trinajstić information content (AvgIpc) is 2.45. The predicted molar refractivity (Wildman–Crippen MR) is 95.0 cm³/mol. The Balaban J connectivity index is 4.68. The first-order valence-electron chi connectivity index (χ1n) is 9.11. The van der Waals surface area contributed by atoms with Gasteiger partial charge >= 0.3 is 7.60 Å². The van der Waals surface area contributed by atoms with Gasteiger partial charge in [-0.25, -0.2) is 4.62 Å². The van der Waals surface area contributed by atoms with Crippen molar-refractivity contribution in [3.05, 3.63) is 0 Å². The van der Waals surface area contributed by atoms with Crippen molar-refractivity contribution in [2.24, 2.45) is 11.8 Å². The molecular formula is C17H38NO3P. The summed E-state index contributed by atoms with van der Waals surface area (Å²) < 4.78 is 17.1. The molecule has 4 nitrogen and oxygen atoms in total. The molecule has 0 bridgehead atoms. The molecule has 0 spiro atoms. The van der Waals surface area contributed by atoms with Gasteiger partial charge in [-0.05, 0) is 24.7 Å². The van der Waals surface area contributed by atoms with E-state index in [1.165, 1.54) is 32.3 Å². The SMILES string of the molecule is CCCCC(CC)CN(CC(CC)CCCC)OP(C)(=O)O. The molecule has 134 valence electrons. The standard InChI is InChI=1S/C17H38NO3P/c1-6-10-12-16(8-3)14-18(21-22(5,19)20)15-17(9-4)13-11-7-2/h16-17H,6-15H2,1-5H3,(H,19,20). The van der Waals surface area contributed by atoms with Crippen LogP contribution in [0.4, 0.5) is 0 Å². The molecule has 0 radical (unpaired) electrons. The summed E-state index contributed by atoms with van der Waals surface area (Å²) in [5.74, 6) is 1.07. The van der Waals surface area contributed by atoms with Crippen molar-refractivity contribution in [3.8, 4) is 0 Å². The van der Waals surface area contributed by atoms with E-state index in [0.29, 0.717) is 11.8 Å². The molecular weight excluding hydrogens is 297 g/mol. The summed E-state index contributed by atoms with van der Waals surface area (Å²) in [6.45, 7) is 11.6. The summed E-state index contributed by atoms with van der Waals surface area (Å²) in [6.07, 6.45) is 9.31. The van der Waals surface area contributed by atoms with E-state index in [1.54, 1.807) is 5.06 Å². The zero-order chi connectivity index (χ0) is 17.0. The Morgan fingerprint density at radius 1 is 0.955 bits per heavy atom. The predicted octanol–water partition coefficient (Wildman–Crippen LogP) is 5.47. The smallest absolute Gasteiger partial charge is 0.324 e. The molecule has 0 aliphatic rings. The molecule has 0 aliphatic carbocycles. The van der Waals surface area contributed by atoms with Crippen LogP contribution in [-0.2, 0) is 9.19 Å². The van der Waals surface area contributed by atoms with Gasteiger partial charge in [0, 0.05) is 19.8 Å². The fourth-order valence-corrected chi connectivity index (χ4v) is 3.33. The Kier molecular flexibility index (Phi) is 12.6. The van der Waals surface area contributed by atoms with Gasteiger partial charge in [0.05, 0.1) is 0 Å².